The van der Waals surface area contributed by atoms with Crippen molar-refractivity contribution in [1.82, 2.24) is 5.32 Å². The van der Waals surface area contributed by atoms with E-state index in [1.54, 1.807) is 14.2 Å². The zero-order valence-electron chi connectivity index (χ0n) is 17.1. The van der Waals surface area contributed by atoms with E-state index in [1.807, 2.05) is 61.5 Å². The molecule has 29 heavy (non-hydrogen) atoms. The van der Waals surface area contributed by atoms with Gasteiger partial charge in [-0.05, 0) is 36.2 Å². The predicted molar refractivity (Wildman–Crippen MR) is 115 cm³/mol. The Morgan fingerprint density at radius 2 is 1.45 bits per heavy atom. The van der Waals surface area contributed by atoms with Crippen LogP contribution in [0.3, 0.4) is 0 Å². The van der Waals surface area contributed by atoms with Crippen molar-refractivity contribution in [3.05, 3.63) is 95.6 Å². The molecule has 4 heteroatoms. The normalized spacial score (nSPS) is 11.7. The first-order valence-corrected chi connectivity index (χ1v) is 9.73. The molecule has 3 aromatic carbocycles. The molecule has 1 N–H and O–H groups in total. The third-order valence-corrected chi connectivity index (χ3v) is 5.07. The van der Waals surface area contributed by atoms with Gasteiger partial charge in [-0.3, -0.25) is 4.79 Å². The first-order chi connectivity index (χ1) is 14.1. The van der Waals surface area contributed by atoms with Gasteiger partial charge < -0.3 is 14.8 Å². The number of benzene rings is 3. The summed E-state index contributed by atoms with van der Waals surface area (Å²) in [7, 11) is 3.25. The van der Waals surface area contributed by atoms with Gasteiger partial charge in [-0.15, -0.1) is 0 Å². The maximum Gasteiger partial charge on any atom is 0.221 e. The van der Waals surface area contributed by atoms with Gasteiger partial charge in [-0.2, -0.15) is 0 Å². The van der Waals surface area contributed by atoms with Crippen LogP contribution in [0, 0.1) is 0 Å². The SMILES string of the molecule is COc1ccc(OC)c([C@@H](C)NC(=O)CC(c2ccccc2)c2ccccc2)c1. The molecule has 0 radical (unpaired) electrons. The highest BCUT2D eigenvalue weighted by Gasteiger charge is 2.21. The second kappa shape index (κ2) is 9.78. The summed E-state index contributed by atoms with van der Waals surface area (Å²) in [6, 6.07) is 25.7. The molecular weight excluding hydrogens is 362 g/mol. The van der Waals surface area contributed by atoms with Gasteiger partial charge in [0, 0.05) is 17.9 Å². The Kier molecular flexibility index (Phi) is 6.90. The van der Waals surface area contributed by atoms with Gasteiger partial charge in [0.2, 0.25) is 5.91 Å². The van der Waals surface area contributed by atoms with Gasteiger partial charge in [0.25, 0.3) is 0 Å². The summed E-state index contributed by atoms with van der Waals surface area (Å²) in [4.78, 5) is 13.0. The molecule has 3 aromatic rings. The average Bonchev–Trinajstić information content (AvgIpc) is 2.78. The molecule has 1 atom stereocenters. The Bertz CT molecular complexity index is 886. The van der Waals surface area contributed by atoms with Crippen LogP contribution < -0.4 is 14.8 Å². The Morgan fingerprint density at radius 1 is 0.862 bits per heavy atom. The summed E-state index contributed by atoms with van der Waals surface area (Å²) in [5.41, 5.74) is 3.14. The maximum atomic E-state index is 13.0. The van der Waals surface area contributed by atoms with E-state index < -0.39 is 0 Å². The van der Waals surface area contributed by atoms with Crippen molar-refractivity contribution < 1.29 is 14.3 Å². The molecule has 0 saturated carbocycles. The Morgan fingerprint density at radius 3 is 1.97 bits per heavy atom. The fourth-order valence-corrected chi connectivity index (χ4v) is 3.54. The maximum absolute atomic E-state index is 13.0. The van der Waals surface area contributed by atoms with Crippen molar-refractivity contribution in [3.8, 4) is 11.5 Å². The van der Waals surface area contributed by atoms with Crippen molar-refractivity contribution in [2.75, 3.05) is 14.2 Å². The number of nitrogens with one attached hydrogen (secondary N) is 1. The number of methoxy groups -OCH3 is 2. The number of carbonyl (C=O) groups excluding carboxylic acids is 1. The molecular formula is C25H27NO3. The van der Waals surface area contributed by atoms with Crippen LogP contribution in [0.1, 0.15) is 42.0 Å². The second-order valence-electron chi connectivity index (χ2n) is 6.98. The fourth-order valence-electron chi connectivity index (χ4n) is 3.54. The lowest BCUT2D eigenvalue weighted by Gasteiger charge is -2.21. The van der Waals surface area contributed by atoms with Crippen molar-refractivity contribution in [2.45, 2.75) is 25.3 Å². The van der Waals surface area contributed by atoms with Crippen molar-refractivity contribution in [3.63, 3.8) is 0 Å². The van der Waals surface area contributed by atoms with Gasteiger partial charge in [-0.25, -0.2) is 0 Å². The van der Waals surface area contributed by atoms with E-state index in [4.69, 9.17) is 9.47 Å². The quantitative estimate of drug-likeness (QED) is 0.583. The molecule has 1 amide bonds. The first-order valence-electron chi connectivity index (χ1n) is 9.73. The van der Waals surface area contributed by atoms with Crippen LogP contribution in [0.4, 0.5) is 0 Å². The number of carbonyl (C=O) groups is 1. The molecule has 0 aromatic heterocycles. The standard InChI is InChI=1S/C25H27NO3/c1-18(22-16-21(28-2)14-15-24(22)29-3)26-25(27)17-23(19-10-6-4-7-11-19)20-12-8-5-9-13-20/h4-16,18,23H,17H2,1-3H3,(H,26,27)/t18-/m1/s1. The van der Waals surface area contributed by atoms with E-state index in [-0.39, 0.29) is 17.9 Å². The highest BCUT2D eigenvalue weighted by Crippen LogP contribution is 2.31. The van der Waals surface area contributed by atoms with E-state index in [0.29, 0.717) is 6.42 Å². The molecule has 0 fully saturated rings. The highest BCUT2D eigenvalue weighted by atomic mass is 16.5. The van der Waals surface area contributed by atoms with Gasteiger partial charge >= 0.3 is 0 Å². The minimum atomic E-state index is -0.209. The molecule has 0 aliphatic carbocycles. The van der Waals surface area contributed by atoms with Crippen LogP contribution in [0.5, 0.6) is 11.5 Å². The number of ether oxygens (including phenoxy) is 2. The molecule has 0 heterocycles. The predicted octanol–water partition coefficient (Wildman–Crippen LogP) is 5.10. The summed E-state index contributed by atoms with van der Waals surface area (Å²) in [5.74, 6) is 1.44. The van der Waals surface area contributed by atoms with E-state index >= 15 is 0 Å². The van der Waals surface area contributed by atoms with E-state index in [0.717, 1.165) is 28.2 Å². The van der Waals surface area contributed by atoms with Gasteiger partial charge in [0.1, 0.15) is 11.5 Å². The van der Waals surface area contributed by atoms with Gasteiger partial charge in [0.15, 0.2) is 0 Å². The first kappa shape index (κ1) is 20.5. The highest BCUT2D eigenvalue weighted by molar-refractivity contribution is 5.78. The van der Waals surface area contributed by atoms with Crippen LogP contribution in [0.15, 0.2) is 78.9 Å². The van der Waals surface area contributed by atoms with Crippen molar-refractivity contribution in [1.29, 1.82) is 0 Å². The Labute approximate surface area is 172 Å². The number of rotatable bonds is 8. The summed E-state index contributed by atoms with van der Waals surface area (Å²) in [6.07, 6.45) is 0.366. The lowest BCUT2D eigenvalue weighted by atomic mass is 9.88. The molecule has 0 aliphatic rings. The van der Waals surface area contributed by atoms with Crippen LogP contribution >= 0.6 is 0 Å². The molecule has 0 aliphatic heterocycles. The minimum absolute atomic E-state index is 0.00296. The summed E-state index contributed by atoms with van der Waals surface area (Å²) in [5, 5.41) is 3.12. The van der Waals surface area contributed by atoms with Crippen LogP contribution in [0.2, 0.25) is 0 Å². The van der Waals surface area contributed by atoms with Gasteiger partial charge in [0.05, 0.1) is 20.3 Å². The topological polar surface area (TPSA) is 47.6 Å². The average molecular weight is 389 g/mol. The number of hydrogen-bond acceptors (Lipinski definition) is 3. The summed E-state index contributed by atoms with van der Waals surface area (Å²) < 4.78 is 10.8. The zero-order valence-corrected chi connectivity index (χ0v) is 17.1. The largest absolute Gasteiger partial charge is 0.497 e. The number of hydrogen-bond donors (Lipinski definition) is 1. The zero-order chi connectivity index (χ0) is 20.6. The van der Waals surface area contributed by atoms with Crippen LogP contribution in [0.25, 0.3) is 0 Å². The van der Waals surface area contributed by atoms with Crippen LogP contribution in [-0.2, 0) is 4.79 Å². The van der Waals surface area contributed by atoms with Crippen LogP contribution in [-0.4, -0.2) is 20.1 Å². The molecule has 0 unspecified atom stereocenters. The molecule has 4 nitrogen and oxygen atoms in total. The van der Waals surface area contributed by atoms with Crippen molar-refractivity contribution >= 4 is 5.91 Å². The third-order valence-electron chi connectivity index (χ3n) is 5.07. The van der Waals surface area contributed by atoms with Crippen molar-refractivity contribution in [2.24, 2.45) is 0 Å². The monoisotopic (exact) mass is 389 g/mol. The second-order valence-corrected chi connectivity index (χ2v) is 6.98. The fraction of sp³-hybridized carbons (Fsp3) is 0.240. The van der Waals surface area contributed by atoms with E-state index in [9.17, 15) is 4.79 Å². The summed E-state index contributed by atoms with van der Waals surface area (Å²) >= 11 is 0. The summed E-state index contributed by atoms with van der Waals surface area (Å²) in [6.45, 7) is 1.95. The lowest BCUT2D eigenvalue weighted by Crippen LogP contribution is -2.28. The van der Waals surface area contributed by atoms with E-state index in [1.165, 1.54) is 0 Å². The van der Waals surface area contributed by atoms with Gasteiger partial charge in [-0.1, -0.05) is 60.7 Å². The minimum Gasteiger partial charge on any atom is -0.497 e. The molecule has 3 rings (SSSR count). The Balaban J connectivity index is 1.79. The smallest absolute Gasteiger partial charge is 0.221 e. The molecule has 0 saturated heterocycles. The Hall–Kier alpha value is -3.27. The molecule has 0 bridgehead atoms. The van der Waals surface area contributed by atoms with E-state index in [2.05, 4.69) is 29.6 Å². The third kappa shape index (κ3) is 5.17. The molecule has 0 spiro atoms. The lowest BCUT2D eigenvalue weighted by molar-refractivity contribution is -0.121. The molecule has 150 valence electrons. The number of amides is 1.